The SMILES string of the molecule is COCCNC(=O)[C@@H](C)OC(=O)c1cc2c(s1)-c1ccccc1OC2. The first-order valence-electron chi connectivity index (χ1n) is 7.92. The van der Waals surface area contributed by atoms with Gasteiger partial charge in [0, 0.05) is 29.7 Å². The van der Waals surface area contributed by atoms with Gasteiger partial charge in [0.15, 0.2) is 6.10 Å². The maximum Gasteiger partial charge on any atom is 0.349 e. The van der Waals surface area contributed by atoms with Gasteiger partial charge in [-0.2, -0.15) is 0 Å². The van der Waals surface area contributed by atoms with E-state index in [1.54, 1.807) is 20.1 Å². The Bertz CT molecular complexity index is 786. The van der Waals surface area contributed by atoms with E-state index in [-0.39, 0.29) is 5.91 Å². The number of fused-ring (bicyclic) bond motifs is 3. The average molecular weight is 361 g/mol. The van der Waals surface area contributed by atoms with Crippen LogP contribution >= 0.6 is 11.3 Å². The summed E-state index contributed by atoms with van der Waals surface area (Å²) in [4.78, 5) is 25.7. The lowest BCUT2D eigenvalue weighted by atomic mass is 10.1. The van der Waals surface area contributed by atoms with Crippen LogP contribution in [0.25, 0.3) is 10.4 Å². The van der Waals surface area contributed by atoms with Gasteiger partial charge >= 0.3 is 5.97 Å². The van der Waals surface area contributed by atoms with Crippen molar-refractivity contribution in [1.82, 2.24) is 5.32 Å². The fourth-order valence-electron chi connectivity index (χ4n) is 2.49. The van der Waals surface area contributed by atoms with Crippen LogP contribution in [-0.2, 0) is 20.9 Å². The lowest BCUT2D eigenvalue weighted by molar-refractivity contribution is -0.129. The second-order valence-corrected chi connectivity index (χ2v) is 6.63. The van der Waals surface area contributed by atoms with Crippen molar-refractivity contribution in [3.05, 3.63) is 40.8 Å². The van der Waals surface area contributed by atoms with Crippen LogP contribution in [0.3, 0.4) is 0 Å². The van der Waals surface area contributed by atoms with Gasteiger partial charge in [-0.15, -0.1) is 11.3 Å². The van der Waals surface area contributed by atoms with Crippen LogP contribution in [0.5, 0.6) is 5.75 Å². The number of nitrogens with one attached hydrogen (secondary N) is 1. The topological polar surface area (TPSA) is 73.9 Å². The molecule has 1 N–H and O–H groups in total. The van der Waals surface area contributed by atoms with Crippen molar-refractivity contribution in [3.8, 4) is 16.2 Å². The predicted octanol–water partition coefficient (Wildman–Crippen LogP) is 2.62. The number of hydrogen-bond acceptors (Lipinski definition) is 6. The number of ether oxygens (including phenoxy) is 3. The third-order valence-electron chi connectivity index (χ3n) is 3.78. The third-order valence-corrected chi connectivity index (χ3v) is 4.97. The maximum absolute atomic E-state index is 12.4. The zero-order valence-electron chi connectivity index (χ0n) is 14.0. The third kappa shape index (κ3) is 3.83. The zero-order valence-corrected chi connectivity index (χ0v) is 14.9. The van der Waals surface area contributed by atoms with Gasteiger partial charge in [0.25, 0.3) is 5.91 Å². The molecule has 1 atom stereocenters. The molecule has 2 heterocycles. The van der Waals surface area contributed by atoms with Gasteiger partial charge in [-0.25, -0.2) is 4.79 Å². The van der Waals surface area contributed by atoms with E-state index in [1.165, 1.54) is 11.3 Å². The number of benzene rings is 1. The molecule has 1 amide bonds. The molecular weight excluding hydrogens is 342 g/mol. The molecule has 3 rings (SSSR count). The molecule has 2 aromatic rings. The molecule has 1 aliphatic rings. The first-order chi connectivity index (χ1) is 12.1. The van der Waals surface area contributed by atoms with Gasteiger partial charge < -0.3 is 19.5 Å². The van der Waals surface area contributed by atoms with Gasteiger partial charge in [0.05, 0.1) is 6.61 Å². The van der Waals surface area contributed by atoms with Crippen molar-refractivity contribution in [1.29, 1.82) is 0 Å². The van der Waals surface area contributed by atoms with E-state index in [2.05, 4.69) is 5.32 Å². The lowest BCUT2D eigenvalue weighted by Gasteiger charge is -2.16. The van der Waals surface area contributed by atoms with Crippen molar-refractivity contribution in [2.45, 2.75) is 19.6 Å². The van der Waals surface area contributed by atoms with E-state index in [0.717, 1.165) is 21.8 Å². The van der Waals surface area contributed by atoms with Crippen molar-refractivity contribution < 1.29 is 23.8 Å². The molecule has 0 saturated carbocycles. The van der Waals surface area contributed by atoms with Gasteiger partial charge in [-0.3, -0.25) is 4.79 Å². The van der Waals surface area contributed by atoms with E-state index in [1.807, 2.05) is 24.3 Å². The number of rotatable bonds is 6. The Morgan fingerprint density at radius 3 is 2.96 bits per heavy atom. The van der Waals surface area contributed by atoms with Crippen LogP contribution in [0, 0.1) is 0 Å². The van der Waals surface area contributed by atoms with E-state index in [0.29, 0.717) is 24.6 Å². The van der Waals surface area contributed by atoms with Crippen LogP contribution in [0.4, 0.5) is 0 Å². The Morgan fingerprint density at radius 1 is 1.36 bits per heavy atom. The summed E-state index contributed by atoms with van der Waals surface area (Å²) in [7, 11) is 1.55. The molecule has 0 unspecified atom stereocenters. The molecule has 25 heavy (non-hydrogen) atoms. The number of amides is 1. The minimum absolute atomic E-state index is 0.347. The molecule has 1 aliphatic heterocycles. The first-order valence-corrected chi connectivity index (χ1v) is 8.74. The zero-order chi connectivity index (χ0) is 17.8. The van der Waals surface area contributed by atoms with E-state index in [4.69, 9.17) is 14.2 Å². The second kappa shape index (κ2) is 7.67. The van der Waals surface area contributed by atoms with E-state index in [9.17, 15) is 9.59 Å². The quantitative estimate of drug-likeness (QED) is 0.632. The summed E-state index contributed by atoms with van der Waals surface area (Å²) in [6, 6.07) is 9.49. The van der Waals surface area contributed by atoms with Crippen LogP contribution in [0.15, 0.2) is 30.3 Å². The molecule has 0 spiro atoms. The fourth-order valence-corrected chi connectivity index (χ4v) is 3.57. The number of esters is 1. The molecule has 0 aliphatic carbocycles. The summed E-state index contributed by atoms with van der Waals surface area (Å²) in [5.74, 6) is -0.0469. The van der Waals surface area contributed by atoms with Crippen LogP contribution in [-0.4, -0.2) is 38.2 Å². The monoisotopic (exact) mass is 361 g/mol. The van der Waals surface area contributed by atoms with Crippen molar-refractivity contribution in [3.63, 3.8) is 0 Å². The van der Waals surface area contributed by atoms with Crippen molar-refractivity contribution in [2.75, 3.05) is 20.3 Å². The number of para-hydroxylation sites is 1. The Hall–Kier alpha value is -2.38. The highest BCUT2D eigenvalue weighted by atomic mass is 32.1. The van der Waals surface area contributed by atoms with E-state index < -0.39 is 12.1 Å². The standard InChI is InChI=1S/C18H19NO5S/c1-11(17(20)19-7-8-22-2)24-18(21)15-9-12-10-23-14-6-4-3-5-13(14)16(12)25-15/h3-6,9,11H,7-8,10H2,1-2H3,(H,19,20)/t11-/m1/s1. The highest BCUT2D eigenvalue weighted by molar-refractivity contribution is 7.17. The molecule has 0 saturated heterocycles. The second-order valence-electron chi connectivity index (χ2n) is 5.58. The van der Waals surface area contributed by atoms with Crippen molar-refractivity contribution >= 4 is 23.2 Å². The number of hydrogen-bond donors (Lipinski definition) is 1. The van der Waals surface area contributed by atoms with Crippen molar-refractivity contribution in [2.24, 2.45) is 0 Å². The molecule has 0 bridgehead atoms. The molecule has 7 heteroatoms. The minimum Gasteiger partial charge on any atom is -0.488 e. The van der Waals surface area contributed by atoms with Gasteiger partial charge in [0.1, 0.15) is 17.2 Å². The Balaban J connectivity index is 1.68. The normalized spacial score (nSPS) is 13.2. The minimum atomic E-state index is -0.868. The summed E-state index contributed by atoms with van der Waals surface area (Å²) in [6.07, 6.45) is -0.868. The molecule has 0 radical (unpaired) electrons. The Labute approximate surface area is 149 Å². The smallest absolute Gasteiger partial charge is 0.349 e. The molecule has 0 fully saturated rings. The molecular formula is C18H19NO5S. The van der Waals surface area contributed by atoms with Crippen LogP contribution in [0.2, 0.25) is 0 Å². The molecule has 1 aromatic carbocycles. The maximum atomic E-state index is 12.4. The Morgan fingerprint density at radius 2 is 2.16 bits per heavy atom. The summed E-state index contributed by atoms with van der Waals surface area (Å²) in [5.41, 5.74) is 1.92. The molecule has 132 valence electrons. The Kier molecular flexibility index (Phi) is 5.35. The first kappa shape index (κ1) is 17.4. The van der Waals surface area contributed by atoms with E-state index >= 15 is 0 Å². The van der Waals surface area contributed by atoms with Crippen LogP contribution < -0.4 is 10.1 Å². The van der Waals surface area contributed by atoms with Crippen LogP contribution in [0.1, 0.15) is 22.2 Å². The predicted molar refractivity (Wildman–Crippen MR) is 93.9 cm³/mol. The van der Waals surface area contributed by atoms with Gasteiger partial charge in [-0.1, -0.05) is 12.1 Å². The summed E-state index contributed by atoms with van der Waals surface area (Å²) < 4.78 is 15.8. The summed E-state index contributed by atoms with van der Waals surface area (Å²) in [6.45, 7) is 2.75. The largest absolute Gasteiger partial charge is 0.488 e. The fraction of sp³-hybridized carbons (Fsp3) is 0.333. The number of carbonyl (C=O) groups excluding carboxylic acids is 2. The summed E-state index contributed by atoms with van der Waals surface area (Å²) in [5, 5.41) is 2.64. The highest BCUT2D eigenvalue weighted by Gasteiger charge is 2.25. The highest BCUT2D eigenvalue weighted by Crippen LogP contribution is 2.42. The average Bonchev–Trinajstić information content (AvgIpc) is 3.06. The lowest BCUT2D eigenvalue weighted by Crippen LogP contribution is -2.37. The molecule has 6 nitrogen and oxygen atoms in total. The number of carbonyl (C=O) groups is 2. The molecule has 1 aromatic heterocycles. The van der Waals surface area contributed by atoms with Gasteiger partial charge in [-0.05, 0) is 25.1 Å². The summed E-state index contributed by atoms with van der Waals surface area (Å²) >= 11 is 1.36. The number of methoxy groups -OCH3 is 1. The van der Waals surface area contributed by atoms with Gasteiger partial charge in [0.2, 0.25) is 0 Å². The number of thiophene rings is 1.